The molecule has 0 unspecified atom stereocenters. The lowest BCUT2D eigenvalue weighted by Crippen LogP contribution is -2.27. The average molecular weight is 259 g/mol. The number of nitrogen functional groups attached to an aromatic ring is 1. The fourth-order valence-corrected chi connectivity index (χ4v) is 1.61. The van der Waals surface area contributed by atoms with E-state index in [1.54, 1.807) is 18.3 Å². The van der Waals surface area contributed by atoms with E-state index < -0.39 is 11.7 Å². The number of anilines is 1. The number of carbonyl (C=O) groups excluding carboxylic acids is 1. The first-order valence-corrected chi connectivity index (χ1v) is 6.01. The monoisotopic (exact) mass is 259 g/mol. The highest BCUT2D eigenvalue weighted by Crippen LogP contribution is 2.23. The SMILES string of the molecule is CC(C)(C)OC(=O)n1ccc(-c2ccccc2N)n1. The van der Waals surface area contributed by atoms with Gasteiger partial charge in [0.25, 0.3) is 0 Å². The lowest BCUT2D eigenvalue weighted by molar-refractivity contribution is 0.0515. The molecule has 0 atom stereocenters. The van der Waals surface area contributed by atoms with Gasteiger partial charge in [-0.15, -0.1) is 0 Å². The Morgan fingerprint density at radius 3 is 2.58 bits per heavy atom. The number of aromatic nitrogens is 2. The minimum atomic E-state index is -0.547. The van der Waals surface area contributed by atoms with E-state index >= 15 is 0 Å². The van der Waals surface area contributed by atoms with Gasteiger partial charge in [-0.3, -0.25) is 0 Å². The number of rotatable bonds is 1. The van der Waals surface area contributed by atoms with Crippen molar-refractivity contribution >= 4 is 11.8 Å². The van der Waals surface area contributed by atoms with E-state index in [1.807, 2.05) is 39.0 Å². The van der Waals surface area contributed by atoms with Gasteiger partial charge in [-0.25, -0.2) is 4.79 Å². The zero-order valence-corrected chi connectivity index (χ0v) is 11.3. The largest absolute Gasteiger partial charge is 0.442 e. The van der Waals surface area contributed by atoms with Crippen molar-refractivity contribution in [1.82, 2.24) is 9.78 Å². The summed E-state index contributed by atoms with van der Waals surface area (Å²) in [5.41, 5.74) is 7.39. The molecule has 0 aliphatic heterocycles. The van der Waals surface area contributed by atoms with Gasteiger partial charge >= 0.3 is 6.09 Å². The molecule has 19 heavy (non-hydrogen) atoms. The highest BCUT2D eigenvalue weighted by atomic mass is 16.6. The van der Waals surface area contributed by atoms with Crippen molar-refractivity contribution in [2.24, 2.45) is 0 Å². The molecule has 0 saturated heterocycles. The van der Waals surface area contributed by atoms with Gasteiger partial charge in [0.2, 0.25) is 0 Å². The lowest BCUT2D eigenvalue weighted by Gasteiger charge is -2.18. The maximum Gasteiger partial charge on any atom is 0.435 e. The Morgan fingerprint density at radius 2 is 1.95 bits per heavy atom. The van der Waals surface area contributed by atoms with Gasteiger partial charge in [0.05, 0.1) is 5.69 Å². The number of ether oxygens (including phenoxy) is 1. The second-order valence-electron chi connectivity index (χ2n) is 5.21. The normalized spacial score (nSPS) is 11.3. The minimum absolute atomic E-state index is 0.506. The first kappa shape index (κ1) is 13.1. The van der Waals surface area contributed by atoms with Gasteiger partial charge in [0, 0.05) is 17.4 Å². The molecule has 0 radical (unpaired) electrons. The van der Waals surface area contributed by atoms with E-state index in [2.05, 4.69) is 5.10 Å². The number of nitrogens with two attached hydrogens (primary N) is 1. The highest BCUT2D eigenvalue weighted by molar-refractivity contribution is 5.76. The van der Waals surface area contributed by atoms with Gasteiger partial charge in [-0.1, -0.05) is 18.2 Å². The molecule has 0 bridgehead atoms. The fraction of sp³-hybridized carbons (Fsp3) is 0.286. The van der Waals surface area contributed by atoms with Crippen LogP contribution in [0.2, 0.25) is 0 Å². The molecule has 1 aromatic carbocycles. The van der Waals surface area contributed by atoms with Crippen LogP contribution in [0.15, 0.2) is 36.5 Å². The van der Waals surface area contributed by atoms with Gasteiger partial charge in [-0.05, 0) is 32.9 Å². The van der Waals surface area contributed by atoms with Crippen LogP contribution in [0.1, 0.15) is 20.8 Å². The number of hydrogen-bond donors (Lipinski definition) is 1. The van der Waals surface area contributed by atoms with Gasteiger partial charge in [-0.2, -0.15) is 9.78 Å². The number of carbonyl (C=O) groups is 1. The Bertz CT molecular complexity index is 597. The summed E-state index contributed by atoms with van der Waals surface area (Å²) in [6.45, 7) is 5.43. The van der Waals surface area contributed by atoms with Gasteiger partial charge in [0.15, 0.2) is 0 Å². The van der Waals surface area contributed by atoms with Crippen LogP contribution in [0, 0.1) is 0 Å². The molecule has 0 aliphatic rings. The number of para-hydroxylation sites is 1. The summed E-state index contributed by atoms with van der Waals surface area (Å²) in [5.74, 6) is 0. The van der Waals surface area contributed by atoms with Gasteiger partial charge < -0.3 is 10.5 Å². The first-order valence-electron chi connectivity index (χ1n) is 6.01. The lowest BCUT2D eigenvalue weighted by atomic mass is 10.1. The maximum absolute atomic E-state index is 11.8. The molecule has 2 rings (SSSR count). The summed E-state index contributed by atoms with van der Waals surface area (Å²) in [5, 5.41) is 4.19. The predicted molar refractivity (Wildman–Crippen MR) is 73.7 cm³/mol. The Labute approximate surface area is 112 Å². The Morgan fingerprint density at radius 1 is 1.26 bits per heavy atom. The van der Waals surface area contributed by atoms with Crippen LogP contribution >= 0.6 is 0 Å². The van der Waals surface area contributed by atoms with E-state index in [0.29, 0.717) is 11.4 Å². The van der Waals surface area contributed by atoms with E-state index in [1.165, 1.54) is 4.68 Å². The number of hydrogen-bond acceptors (Lipinski definition) is 4. The second kappa shape index (κ2) is 4.76. The Kier molecular flexibility index (Phi) is 3.29. The highest BCUT2D eigenvalue weighted by Gasteiger charge is 2.18. The molecule has 100 valence electrons. The standard InChI is InChI=1S/C14H17N3O2/c1-14(2,3)19-13(18)17-9-8-12(16-17)10-6-4-5-7-11(10)15/h4-9H,15H2,1-3H3. The van der Waals surface area contributed by atoms with Crippen molar-refractivity contribution in [2.75, 3.05) is 5.73 Å². The molecular formula is C14H17N3O2. The zero-order chi connectivity index (χ0) is 14.0. The van der Waals surface area contributed by atoms with Crippen molar-refractivity contribution in [3.05, 3.63) is 36.5 Å². The molecule has 5 nitrogen and oxygen atoms in total. The van der Waals surface area contributed by atoms with Crippen LogP contribution in [0.3, 0.4) is 0 Å². The molecule has 0 spiro atoms. The molecule has 2 N–H and O–H groups in total. The first-order chi connectivity index (χ1) is 8.87. The molecule has 1 aromatic heterocycles. The van der Waals surface area contributed by atoms with Crippen molar-refractivity contribution in [3.8, 4) is 11.3 Å². The van der Waals surface area contributed by atoms with Crippen molar-refractivity contribution in [2.45, 2.75) is 26.4 Å². The molecule has 0 amide bonds. The summed E-state index contributed by atoms with van der Waals surface area (Å²) >= 11 is 0. The smallest absolute Gasteiger partial charge is 0.435 e. The van der Waals surface area contributed by atoms with E-state index in [-0.39, 0.29) is 0 Å². The topological polar surface area (TPSA) is 70.1 Å². The summed E-state index contributed by atoms with van der Waals surface area (Å²) in [4.78, 5) is 11.8. The molecule has 0 aliphatic carbocycles. The van der Waals surface area contributed by atoms with Gasteiger partial charge in [0.1, 0.15) is 5.60 Å². The average Bonchev–Trinajstić information content (AvgIpc) is 2.76. The molecule has 2 aromatic rings. The minimum Gasteiger partial charge on any atom is -0.442 e. The van der Waals surface area contributed by atoms with E-state index in [9.17, 15) is 4.79 Å². The third-order valence-corrected chi connectivity index (χ3v) is 2.41. The molecule has 0 fully saturated rings. The number of nitrogens with zero attached hydrogens (tertiary/aromatic N) is 2. The van der Waals surface area contributed by atoms with Crippen LogP contribution in [-0.4, -0.2) is 21.5 Å². The molecule has 0 saturated carbocycles. The van der Waals surface area contributed by atoms with E-state index in [0.717, 1.165) is 5.56 Å². The Hall–Kier alpha value is -2.30. The summed E-state index contributed by atoms with van der Waals surface area (Å²) in [7, 11) is 0. The second-order valence-corrected chi connectivity index (χ2v) is 5.21. The summed E-state index contributed by atoms with van der Waals surface area (Å²) in [6.07, 6.45) is 1.06. The molecule has 1 heterocycles. The van der Waals surface area contributed by atoms with Crippen molar-refractivity contribution < 1.29 is 9.53 Å². The summed E-state index contributed by atoms with van der Waals surface area (Å²) in [6, 6.07) is 9.11. The zero-order valence-electron chi connectivity index (χ0n) is 11.3. The van der Waals surface area contributed by atoms with Crippen LogP contribution in [0.5, 0.6) is 0 Å². The fourth-order valence-electron chi connectivity index (χ4n) is 1.61. The van der Waals surface area contributed by atoms with Crippen LogP contribution in [0.25, 0.3) is 11.3 Å². The maximum atomic E-state index is 11.8. The Balaban J connectivity index is 2.25. The van der Waals surface area contributed by atoms with Crippen molar-refractivity contribution in [1.29, 1.82) is 0 Å². The predicted octanol–water partition coefficient (Wildman–Crippen LogP) is 2.92. The van der Waals surface area contributed by atoms with E-state index in [4.69, 9.17) is 10.5 Å². The van der Waals surface area contributed by atoms with Crippen LogP contribution < -0.4 is 5.73 Å². The van der Waals surface area contributed by atoms with Crippen LogP contribution in [-0.2, 0) is 4.74 Å². The molecular weight excluding hydrogens is 242 g/mol. The third kappa shape index (κ3) is 3.13. The summed E-state index contributed by atoms with van der Waals surface area (Å²) < 4.78 is 6.41. The van der Waals surface area contributed by atoms with Crippen LogP contribution in [0.4, 0.5) is 10.5 Å². The molecule has 5 heteroatoms. The quantitative estimate of drug-likeness (QED) is 0.799. The third-order valence-electron chi connectivity index (χ3n) is 2.41. The number of benzene rings is 1. The van der Waals surface area contributed by atoms with Crippen molar-refractivity contribution in [3.63, 3.8) is 0 Å².